The van der Waals surface area contributed by atoms with Crippen LogP contribution in [0.5, 0.6) is 0 Å². The molecule has 3 rings (SSSR count). The Labute approximate surface area is 116 Å². The maximum absolute atomic E-state index is 11.4. The zero-order chi connectivity index (χ0) is 14.2. The molecule has 2 aromatic rings. The summed E-state index contributed by atoms with van der Waals surface area (Å²) in [5.41, 5.74) is 1.26. The first kappa shape index (κ1) is 12.8. The second kappa shape index (κ2) is 4.72. The van der Waals surface area contributed by atoms with Crippen LogP contribution in [0.4, 0.5) is 0 Å². The highest BCUT2D eigenvalue weighted by Gasteiger charge is 2.32. The average molecular weight is 289 g/mol. The predicted molar refractivity (Wildman–Crippen MR) is 70.5 cm³/mol. The van der Waals surface area contributed by atoms with Gasteiger partial charge in [-0.3, -0.25) is 0 Å². The molecule has 0 amide bonds. The van der Waals surface area contributed by atoms with Gasteiger partial charge in [0, 0.05) is 11.5 Å². The van der Waals surface area contributed by atoms with Gasteiger partial charge in [0.15, 0.2) is 15.7 Å². The van der Waals surface area contributed by atoms with Gasteiger partial charge in [0.05, 0.1) is 23.1 Å². The van der Waals surface area contributed by atoms with Crippen LogP contribution in [0.1, 0.15) is 23.7 Å². The molecule has 2 heterocycles. The Balaban J connectivity index is 1.85. The van der Waals surface area contributed by atoms with Crippen LogP contribution in [0.2, 0.25) is 0 Å². The molecule has 1 saturated heterocycles. The minimum atomic E-state index is -2.97. The maximum atomic E-state index is 11.4. The molecule has 1 aromatic heterocycles. The van der Waals surface area contributed by atoms with E-state index in [2.05, 4.69) is 10.1 Å². The second-order valence-corrected chi connectivity index (χ2v) is 6.98. The Bertz CT molecular complexity index is 772. The van der Waals surface area contributed by atoms with Crippen molar-refractivity contribution < 1.29 is 12.9 Å². The molecule has 0 N–H and O–H groups in total. The van der Waals surface area contributed by atoms with Crippen molar-refractivity contribution in [2.75, 3.05) is 11.5 Å². The highest BCUT2D eigenvalue weighted by Crippen LogP contribution is 2.28. The molecule has 1 aliphatic rings. The maximum Gasteiger partial charge on any atom is 0.257 e. The van der Waals surface area contributed by atoms with Gasteiger partial charge in [-0.25, -0.2) is 8.42 Å². The van der Waals surface area contributed by atoms with E-state index in [-0.39, 0.29) is 17.4 Å². The average Bonchev–Trinajstić information content (AvgIpc) is 3.05. The first-order chi connectivity index (χ1) is 9.57. The fourth-order valence-electron chi connectivity index (χ4n) is 2.20. The Morgan fingerprint density at radius 3 is 2.65 bits per heavy atom. The van der Waals surface area contributed by atoms with E-state index in [1.807, 2.05) is 6.07 Å². The lowest BCUT2D eigenvalue weighted by molar-refractivity contribution is 0.418. The van der Waals surface area contributed by atoms with Crippen molar-refractivity contribution in [1.29, 1.82) is 5.26 Å². The molecular weight excluding hydrogens is 278 g/mol. The fraction of sp³-hybridized carbons (Fsp3) is 0.308. The summed E-state index contributed by atoms with van der Waals surface area (Å²) < 4.78 is 28.1. The van der Waals surface area contributed by atoms with Crippen LogP contribution in [0, 0.1) is 11.3 Å². The molecule has 0 bridgehead atoms. The normalized spacial score (nSPS) is 20.6. The second-order valence-electron chi connectivity index (χ2n) is 4.75. The molecule has 0 saturated carbocycles. The molecule has 20 heavy (non-hydrogen) atoms. The van der Waals surface area contributed by atoms with Crippen LogP contribution in [0.3, 0.4) is 0 Å². The number of aromatic nitrogens is 2. The van der Waals surface area contributed by atoms with Crippen molar-refractivity contribution in [2.24, 2.45) is 0 Å². The third kappa shape index (κ3) is 2.42. The van der Waals surface area contributed by atoms with Crippen LogP contribution < -0.4 is 0 Å². The van der Waals surface area contributed by atoms with E-state index in [1.165, 1.54) is 0 Å². The number of nitrogens with zero attached hydrogens (tertiary/aromatic N) is 3. The van der Waals surface area contributed by atoms with Crippen molar-refractivity contribution in [2.45, 2.75) is 12.3 Å². The SMILES string of the molecule is N#Cc1ccc(-c2nc(C3CCS(=O)(=O)C3)no2)cc1. The third-order valence-electron chi connectivity index (χ3n) is 3.30. The number of hydrogen-bond donors (Lipinski definition) is 0. The number of sulfone groups is 1. The lowest BCUT2D eigenvalue weighted by atomic mass is 10.1. The van der Waals surface area contributed by atoms with E-state index in [1.54, 1.807) is 24.3 Å². The predicted octanol–water partition coefficient (Wildman–Crippen LogP) is 1.51. The molecule has 1 aliphatic heterocycles. The van der Waals surface area contributed by atoms with E-state index in [0.717, 1.165) is 0 Å². The first-order valence-electron chi connectivity index (χ1n) is 6.12. The Kier molecular flexibility index (Phi) is 3.03. The Hall–Kier alpha value is -2.20. The van der Waals surface area contributed by atoms with E-state index >= 15 is 0 Å². The van der Waals surface area contributed by atoms with Gasteiger partial charge >= 0.3 is 0 Å². The van der Waals surface area contributed by atoms with Crippen molar-refractivity contribution in [1.82, 2.24) is 10.1 Å². The molecular formula is C13H11N3O3S. The van der Waals surface area contributed by atoms with Crippen molar-refractivity contribution in [3.63, 3.8) is 0 Å². The molecule has 1 atom stereocenters. The van der Waals surface area contributed by atoms with E-state index in [4.69, 9.17) is 9.78 Å². The molecule has 0 radical (unpaired) electrons. The summed E-state index contributed by atoms with van der Waals surface area (Å²) >= 11 is 0. The van der Waals surface area contributed by atoms with Crippen LogP contribution in [0.15, 0.2) is 28.8 Å². The number of rotatable bonds is 2. The molecule has 1 aromatic carbocycles. The molecule has 0 spiro atoms. The topological polar surface area (TPSA) is 96.8 Å². The van der Waals surface area contributed by atoms with Gasteiger partial charge in [0.25, 0.3) is 5.89 Å². The third-order valence-corrected chi connectivity index (χ3v) is 5.07. The quantitative estimate of drug-likeness (QED) is 0.831. The molecule has 0 aliphatic carbocycles. The van der Waals surface area contributed by atoms with Crippen LogP contribution in [0.25, 0.3) is 11.5 Å². The summed E-state index contributed by atoms with van der Waals surface area (Å²) in [5.74, 6) is 0.854. The lowest BCUT2D eigenvalue weighted by Crippen LogP contribution is -2.05. The van der Waals surface area contributed by atoms with Gasteiger partial charge in [-0.05, 0) is 30.7 Å². The van der Waals surface area contributed by atoms with Gasteiger partial charge in [-0.2, -0.15) is 10.2 Å². The summed E-state index contributed by atoms with van der Waals surface area (Å²) in [6.45, 7) is 0. The Morgan fingerprint density at radius 2 is 2.05 bits per heavy atom. The molecule has 102 valence electrons. The Morgan fingerprint density at radius 1 is 1.30 bits per heavy atom. The van der Waals surface area contributed by atoms with Crippen molar-refractivity contribution >= 4 is 9.84 Å². The number of hydrogen-bond acceptors (Lipinski definition) is 6. The highest BCUT2D eigenvalue weighted by molar-refractivity contribution is 7.91. The van der Waals surface area contributed by atoms with Crippen molar-refractivity contribution in [3.8, 4) is 17.5 Å². The first-order valence-corrected chi connectivity index (χ1v) is 7.94. The molecule has 1 fully saturated rings. The largest absolute Gasteiger partial charge is 0.334 e. The van der Waals surface area contributed by atoms with Gasteiger partial charge in [0.1, 0.15) is 0 Å². The van der Waals surface area contributed by atoms with Crippen molar-refractivity contribution in [3.05, 3.63) is 35.7 Å². The van der Waals surface area contributed by atoms with Crippen LogP contribution in [-0.2, 0) is 9.84 Å². The summed E-state index contributed by atoms with van der Waals surface area (Å²) in [5, 5.41) is 12.6. The molecule has 1 unspecified atom stereocenters. The lowest BCUT2D eigenvalue weighted by Gasteiger charge is -1.98. The minimum absolute atomic E-state index is 0.0827. The smallest absolute Gasteiger partial charge is 0.257 e. The summed E-state index contributed by atoms with van der Waals surface area (Å²) in [4.78, 5) is 4.26. The van der Waals surface area contributed by atoms with E-state index in [9.17, 15) is 8.42 Å². The monoisotopic (exact) mass is 289 g/mol. The summed E-state index contributed by atoms with van der Waals surface area (Å²) in [6.07, 6.45) is 0.536. The zero-order valence-electron chi connectivity index (χ0n) is 10.5. The fourth-order valence-corrected chi connectivity index (χ4v) is 3.94. The molecule has 6 nitrogen and oxygen atoms in total. The standard InChI is InChI=1S/C13H11N3O3S/c14-7-9-1-3-10(4-2-9)13-15-12(16-19-13)11-5-6-20(17,18)8-11/h1-4,11H,5-6,8H2. The summed E-state index contributed by atoms with van der Waals surface area (Å²) in [7, 11) is -2.97. The van der Waals surface area contributed by atoms with Gasteiger partial charge in [0.2, 0.25) is 0 Å². The van der Waals surface area contributed by atoms with Crippen LogP contribution in [-0.4, -0.2) is 30.1 Å². The molecule has 7 heteroatoms. The van der Waals surface area contributed by atoms with Gasteiger partial charge < -0.3 is 4.52 Å². The zero-order valence-corrected chi connectivity index (χ0v) is 11.3. The summed E-state index contributed by atoms with van der Waals surface area (Å²) in [6, 6.07) is 8.81. The van der Waals surface area contributed by atoms with E-state index in [0.29, 0.717) is 29.3 Å². The minimum Gasteiger partial charge on any atom is -0.334 e. The van der Waals surface area contributed by atoms with Gasteiger partial charge in [-0.1, -0.05) is 5.16 Å². The van der Waals surface area contributed by atoms with Crippen LogP contribution >= 0.6 is 0 Å². The number of benzene rings is 1. The number of nitriles is 1. The highest BCUT2D eigenvalue weighted by atomic mass is 32.2. The van der Waals surface area contributed by atoms with Gasteiger partial charge in [-0.15, -0.1) is 0 Å². The van der Waals surface area contributed by atoms with E-state index < -0.39 is 9.84 Å².